The topological polar surface area (TPSA) is 86.7 Å². The summed E-state index contributed by atoms with van der Waals surface area (Å²) in [4.78, 5) is 37.6. The second-order valence-corrected chi connectivity index (χ2v) is 5.98. The Balaban J connectivity index is 1.54. The molecule has 0 aliphatic carbocycles. The standard InChI is InChI=1S/C19H18N2O4/c1-12-8-9-15(16(22)11-12)20-17(23)7-4-10-21-18(24)13-5-2-3-6-14(13)19(21)25/h2-3,5-6,8-9,11,22H,4,7,10H2,1H3,(H,20,23). The smallest absolute Gasteiger partial charge is 0.261 e. The number of amides is 3. The highest BCUT2D eigenvalue weighted by atomic mass is 16.3. The van der Waals surface area contributed by atoms with Crippen LogP contribution in [0.3, 0.4) is 0 Å². The number of rotatable bonds is 5. The van der Waals surface area contributed by atoms with Crippen molar-refractivity contribution in [2.75, 3.05) is 11.9 Å². The number of carbonyl (C=O) groups excluding carboxylic acids is 3. The third kappa shape index (κ3) is 3.38. The molecule has 6 heteroatoms. The van der Waals surface area contributed by atoms with Gasteiger partial charge in [-0.15, -0.1) is 0 Å². The summed E-state index contributed by atoms with van der Waals surface area (Å²) >= 11 is 0. The lowest BCUT2D eigenvalue weighted by molar-refractivity contribution is -0.116. The average molecular weight is 338 g/mol. The third-order valence-electron chi connectivity index (χ3n) is 4.09. The zero-order valence-electron chi connectivity index (χ0n) is 13.8. The van der Waals surface area contributed by atoms with Crippen LogP contribution in [-0.2, 0) is 4.79 Å². The van der Waals surface area contributed by atoms with Gasteiger partial charge >= 0.3 is 0 Å². The molecule has 1 aliphatic heterocycles. The highest BCUT2D eigenvalue weighted by molar-refractivity contribution is 6.21. The molecule has 6 nitrogen and oxygen atoms in total. The Hall–Kier alpha value is -3.15. The first kappa shape index (κ1) is 16.7. The van der Waals surface area contributed by atoms with Crippen LogP contribution in [0.2, 0.25) is 0 Å². The van der Waals surface area contributed by atoms with Gasteiger partial charge in [-0.3, -0.25) is 19.3 Å². The number of fused-ring (bicyclic) bond motifs is 1. The Morgan fingerprint density at radius 2 is 1.72 bits per heavy atom. The van der Waals surface area contributed by atoms with E-state index in [9.17, 15) is 19.5 Å². The minimum Gasteiger partial charge on any atom is -0.506 e. The van der Waals surface area contributed by atoms with Crippen LogP contribution in [-0.4, -0.2) is 34.3 Å². The number of aryl methyl sites for hydroxylation is 1. The fraction of sp³-hybridized carbons (Fsp3) is 0.211. The van der Waals surface area contributed by atoms with Crippen molar-refractivity contribution in [3.05, 3.63) is 59.2 Å². The molecule has 0 unspecified atom stereocenters. The summed E-state index contributed by atoms with van der Waals surface area (Å²) in [6, 6.07) is 11.7. The SMILES string of the molecule is Cc1ccc(NC(=O)CCCN2C(=O)c3ccccc3C2=O)c(O)c1. The van der Waals surface area contributed by atoms with Gasteiger partial charge in [0.25, 0.3) is 11.8 Å². The zero-order valence-corrected chi connectivity index (χ0v) is 13.8. The van der Waals surface area contributed by atoms with Gasteiger partial charge in [-0.2, -0.15) is 0 Å². The molecule has 0 spiro atoms. The molecule has 2 aromatic carbocycles. The number of imide groups is 1. The number of hydrogen-bond donors (Lipinski definition) is 2. The highest BCUT2D eigenvalue weighted by Gasteiger charge is 2.34. The second-order valence-electron chi connectivity index (χ2n) is 5.98. The zero-order chi connectivity index (χ0) is 18.0. The summed E-state index contributed by atoms with van der Waals surface area (Å²) in [7, 11) is 0. The van der Waals surface area contributed by atoms with Crippen LogP contribution < -0.4 is 5.32 Å². The predicted octanol–water partition coefficient (Wildman–Crippen LogP) is 2.72. The molecule has 128 valence electrons. The Kier molecular flexibility index (Phi) is 4.52. The van der Waals surface area contributed by atoms with Crippen molar-refractivity contribution < 1.29 is 19.5 Å². The number of anilines is 1. The lowest BCUT2D eigenvalue weighted by atomic mass is 10.1. The minimum atomic E-state index is -0.322. The summed E-state index contributed by atoms with van der Waals surface area (Å²) in [6.45, 7) is 2.02. The van der Waals surface area contributed by atoms with Crippen molar-refractivity contribution in [1.29, 1.82) is 0 Å². The summed E-state index contributed by atoms with van der Waals surface area (Å²) in [6.07, 6.45) is 0.491. The van der Waals surface area contributed by atoms with Gasteiger partial charge < -0.3 is 10.4 Å². The molecular formula is C19H18N2O4. The summed E-state index contributed by atoms with van der Waals surface area (Å²) in [5.41, 5.74) is 2.04. The fourth-order valence-corrected chi connectivity index (χ4v) is 2.80. The Labute approximate surface area is 145 Å². The van der Waals surface area contributed by atoms with Crippen LogP contribution >= 0.6 is 0 Å². The maximum absolute atomic E-state index is 12.2. The molecule has 3 rings (SSSR count). The number of phenols is 1. The van der Waals surface area contributed by atoms with Crippen molar-refractivity contribution in [3.8, 4) is 5.75 Å². The molecule has 0 radical (unpaired) electrons. The lowest BCUT2D eigenvalue weighted by Gasteiger charge is -2.13. The van der Waals surface area contributed by atoms with Gasteiger partial charge in [0.2, 0.25) is 5.91 Å². The van der Waals surface area contributed by atoms with Gasteiger partial charge in [0.1, 0.15) is 5.75 Å². The molecule has 0 aromatic heterocycles. The average Bonchev–Trinajstić information content (AvgIpc) is 2.83. The second kappa shape index (κ2) is 6.76. The molecule has 2 aromatic rings. The Bertz CT molecular complexity index is 825. The number of hydrogen-bond acceptors (Lipinski definition) is 4. The van der Waals surface area contributed by atoms with E-state index in [4.69, 9.17) is 0 Å². The molecule has 0 bridgehead atoms. The minimum absolute atomic E-state index is 0.00805. The number of nitrogens with zero attached hydrogens (tertiary/aromatic N) is 1. The van der Waals surface area contributed by atoms with Crippen molar-refractivity contribution in [2.45, 2.75) is 19.8 Å². The molecule has 1 heterocycles. The van der Waals surface area contributed by atoms with Gasteiger partial charge in [-0.05, 0) is 43.2 Å². The maximum Gasteiger partial charge on any atom is 0.261 e. The number of phenolic OH excluding ortho intramolecular Hbond substituents is 1. The van der Waals surface area contributed by atoms with Gasteiger partial charge in [0, 0.05) is 13.0 Å². The van der Waals surface area contributed by atoms with E-state index in [1.54, 1.807) is 42.5 Å². The van der Waals surface area contributed by atoms with Crippen LogP contribution in [0.5, 0.6) is 5.75 Å². The van der Waals surface area contributed by atoms with Gasteiger partial charge in [0.05, 0.1) is 16.8 Å². The van der Waals surface area contributed by atoms with Crippen molar-refractivity contribution >= 4 is 23.4 Å². The molecule has 2 N–H and O–H groups in total. The van der Waals surface area contributed by atoms with E-state index >= 15 is 0 Å². The van der Waals surface area contributed by atoms with Gasteiger partial charge in [-0.25, -0.2) is 0 Å². The molecule has 0 fully saturated rings. The molecule has 0 atom stereocenters. The quantitative estimate of drug-likeness (QED) is 0.648. The predicted molar refractivity (Wildman–Crippen MR) is 92.5 cm³/mol. The molecule has 25 heavy (non-hydrogen) atoms. The van der Waals surface area contributed by atoms with Gasteiger partial charge in [0.15, 0.2) is 0 Å². The summed E-state index contributed by atoms with van der Waals surface area (Å²) < 4.78 is 0. The van der Waals surface area contributed by atoms with E-state index in [2.05, 4.69) is 5.32 Å². The van der Waals surface area contributed by atoms with Crippen LogP contribution in [0.4, 0.5) is 5.69 Å². The fourth-order valence-electron chi connectivity index (χ4n) is 2.80. The molecule has 3 amide bonds. The first-order valence-corrected chi connectivity index (χ1v) is 8.02. The number of benzene rings is 2. The number of nitrogens with one attached hydrogen (secondary N) is 1. The van der Waals surface area contributed by atoms with Crippen molar-refractivity contribution in [2.24, 2.45) is 0 Å². The summed E-state index contributed by atoms with van der Waals surface area (Å²) in [5, 5.41) is 12.4. The van der Waals surface area contributed by atoms with Crippen LogP contribution in [0, 0.1) is 6.92 Å². The molecule has 0 saturated carbocycles. The van der Waals surface area contributed by atoms with Gasteiger partial charge in [-0.1, -0.05) is 18.2 Å². The van der Waals surface area contributed by atoms with E-state index in [-0.39, 0.29) is 36.4 Å². The van der Waals surface area contributed by atoms with Crippen LogP contribution in [0.1, 0.15) is 39.1 Å². The van der Waals surface area contributed by atoms with E-state index in [0.717, 1.165) is 5.56 Å². The maximum atomic E-state index is 12.2. The first-order valence-electron chi connectivity index (χ1n) is 8.02. The summed E-state index contributed by atoms with van der Waals surface area (Å²) in [5.74, 6) is -0.918. The van der Waals surface area contributed by atoms with Crippen LogP contribution in [0.25, 0.3) is 0 Å². The largest absolute Gasteiger partial charge is 0.506 e. The van der Waals surface area contributed by atoms with E-state index in [0.29, 0.717) is 23.2 Å². The third-order valence-corrected chi connectivity index (χ3v) is 4.09. The monoisotopic (exact) mass is 338 g/mol. The van der Waals surface area contributed by atoms with E-state index < -0.39 is 0 Å². The Morgan fingerprint density at radius 1 is 1.08 bits per heavy atom. The molecule has 0 saturated heterocycles. The Morgan fingerprint density at radius 3 is 2.32 bits per heavy atom. The normalized spacial score (nSPS) is 13.1. The molecular weight excluding hydrogens is 320 g/mol. The highest BCUT2D eigenvalue weighted by Crippen LogP contribution is 2.25. The van der Waals surface area contributed by atoms with Crippen molar-refractivity contribution in [1.82, 2.24) is 4.90 Å². The first-order chi connectivity index (χ1) is 12.0. The number of carbonyl (C=O) groups is 3. The lowest BCUT2D eigenvalue weighted by Crippen LogP contribution is -2.31. The van der Waals surface area contributed by atoms with Crippen molar-refractivity contribution in [3.63, 3.8) is 0 Å². The van der Waals surface area contributed by atoms with Crippen LogP contribution in [0.15, 0.2) is 42.5 Å². The molecule has 1 aliphatic rings. The number of aromatic hydroxyl groups is 1. The van der Waals surface area contributed by atoms with E-state index in [1.165, 1.54) is 4.90 Å². The van der Waals surface area contributed by atoms with E-state index in [1.807, 2.05) is 6.92 Å².